The molecule has 5 heteroatoms. The Bertz CT molecular complexity index is 927. The largest absolute Gasteiger partial charge is 0.457 e. The van der Waals surface area contributed by atoms with Crippen LogP contribution in [0.3, 0.4) is 0 Å². The molecule has 0 aromatic heterocycles. The van der Waals surface area contributed by atoms with Gasteiger partial charge in [-0.1, -0.05) is 48.0 Å². The van der Waals surface area contributed by atoms with Gasteiger partial charge in [0.15, 0.2) is 0 Å². The molecule has 0 bridgehead atoms. The maximum absolute atomic E-state index is 12.9. The minimum Gasteiger partial charge on any atom is -0.457 e. The van der Waals surface area contributed by atoms with Crippen LogP contribution in [0.4, 0.5) is 0 Å². The zero-order valence-corrected chi connectivity index (χ0v) is 17.4. The van der Waals surface area contributed by atoms with E-state index >= 15 is 0 Å². The number of carbonyl (C=O) groups is 1. The monoisotopic (exact) mass is 408 g/mol. The molecule has 29 heavy (non-hydrogen) atoms. The molecule has 0 radical (unpaired) electrons. The van der Waals surface area contributed by atoms with Crippen molar-refractivity contribution in [1.82, 2.24) is 10.2 Å². The van der Waals surface area contributed by atoms with Gasteiger partial charge in [-0.2, -0.15) is 0 Å². The first-order valence-corrected chi connectivity index (χ1v) is 9.93. The Morgan fingerprint density at radius 1 is 0.966 bits per heavy atom. The summed E-state index contributed by atoms with van der Waals surface area (Å²) in [6.07, 6.45) is 0.792. The lowest BCUT2D eigenvalue weighted by atomic mass is 10.0. The summed E-state index contributed by atoms with van der Waals surface area (Å²) in [5, 5.41) is 3.83. The zero-order chi connectivity index (χ0) is 20.6. The van der Waals surface area contributed by atoms with Gasteiger partial charge >= 0.3 is 0 Å². The number of hydrogen-bond acceptors (Lipinski definition) is 3. The number of para-hydroxylation sites is 1. The molecule has 0 aliphatic heterocycles. The van der Waals surface area contributed by atoms with Gasteiger partial charge in [-0.25, -0.2) is 0 Å². The number of nitrogens with one attached hydrogen (secondary N) is 1. The topological polar surface area (TPSA) is 41.6 Å². The number of nitrogens with zero attached hydrogens (tertiary/aromatic N) is 1. The van der Waals surface area contributed by atoms with Crippen LogP contribution < -0.4 is 10.1 Å². The normalized spacial score (nSPS) is 11.9. The van der Waals surface area contributed by atoms with Crippen molar-refractivity contribution in [2.75, 3.05) is 20.6 Å². The van der Waals surface area contributed by atoms with E-state index in [9.17, 15) is 4.79 Å². The van der Waals surface area contributed by atoms with Crippen LogP contribution in [0.15, 0.2) is 78.9 Å². The third-order valence-electron chi connectivity index (χ3n) is 4.52. The molecule has 4 nitrogen and oxygen atoms in total. The van der Waals surface area contributed by atoms with Crippen molar-refractivity contribution in [2.24, 2.45) is 0 Å². The molecule has 1 unspecified atom stereocenters. The Kier molecular flexibility index (Phi) is 7.28. The van der Waals surface area contributed by atoms with Crippen LogP contribution in [0.5, 0.6) is 11.5 Å². The van der Waals surface area contributed by atoms with E-state index in [1.54, 1.807) is 12.1 Å². The van der Waals surface area contributed by atoms with Gasteiger partial charge in [0.05, 0.1) is 6.04 Å². The SMILES string of the molecule is CN(C)CCC(NC(=O)c1cccc(Oc2ccccc2)c1)c1ccc(Cl)cc1. The molecule has 0 aliphatic carbocycles. The van der Waals surface area contributed by atoms with E-state index in [2.05, 4.69) is 10.2 Å². The van der Waals surface area contributed by atoms with Crippen LogP contribution in [0.2, 0.25) is 5.02 Å². The lowest BCUT2D eigenvalue weighted by molar-refractivity contribution is 0.0932. The molecule has 0 aliphatic rings. The minimum atomic E-state index is -0.137. The number of halogens is 1. The maximum atomic E-state index is 12.9. The predicted octanol–water partition coefficient (Wildman–Crippen LogP) is 5.56. The van der Waals surface area contributed by atoms with Crippen LogP contribution in [-0.4, -0.2) is 31.4 Å². The molecule has 0 saturated heterocycles. The van der Waals surface area contributed by atoms with Gasteiger partial charge in [-0.05, 0) is 75.1 Å². The van der Waals surface area contributed by atoms with E-state index in [1.807, 2.05) is 80.8 Å². The van der Waals surface area contributed by atoms with Crippen LogP contribution >= 0.6 is 11.6 Å². The number of amides is 1. The number of ether oxygens (including phenoxy) is 1. The lowest BCUT2D eigenvalue weighted by Gasteiger charge is -2.21. The van der Waals surface area contributed by atoms with Crippen molar-refractivity contribution in [3.8, 4) is 11.5 Å². The second kappa shape index (κ2) is 10.1. The highest BCUT2D eigenvalue weighted by molar-refractivity contribution is 6.30. The smallest absolute Gasteiger partial charge is 0.251 e. The molecule has 3 aromatic rings. The van der Waals surface area contributed by atoms with Crippen molar-refractivity contribution < 1.29 is 9.53 Å². The minimum absolute atomic E-state index is 0.110. The third kappa shape index (κ3) is 6.34. The molecule has 1 amide bonds. The Labute approximate surface area is 177 Å². The summed E-state index contributed by atoms with van der Waals surface area (Å²) in [7, 11) is 4.04. The highest BCUT2D eigenvalue weighted by Crippen LogP contribution is 2.23. The fraction of sp³-hybridized carbons (Fsp3) is 0.208. The molecule has 1 N–H and O–H groups in total. The average molecular weight is 409 g/mol. The maximum Gasteiger partial charge on any atom is 0.251 e. The summed E-state index contributed by atoms with van der Waals surface area (Å²) >= 11 is 6.02. The molecular weight excluding hydrogens is 384 g/mol. The van der Waals surface area contributed by atoms with Gasteiger partial charge in [0.25, 0.3) is 5.91 Å². The van der Waals surface area contributed by atoms with Crippen molar-refractivity contribution >= 4 is 17.5 Å². The summed E-state index contributed by atoms with van der Waals surface area (Å²) in [6.45, 7) is 0.852. The Balaban J connectivity index is 1.74. The van der Waals surface area contributed by atoms with Crippen LogP contribution in [0, 0.1) is 0 Å². The molecule has 3 rings (SSSR count). The van der Waals surface area contributed by atoms with Gasteiger partial charge in [-0.15, -0.1) is 0 Å². The van der Waals surface area contributed by atoms with Gasteiger partial charge in [0, 0.05) is 10.6 Å². The second-order valence-electron chi connectivity index (χ2n) is 7.11. The first-order valence-electron chi connectivity index (χ1n) is 9.55. The van der Waals surface area contributed by atoms with E-state index < -0.39 is 0 Å². The van der Waals surface area contributed by atoms with Gasteiger partial charge in [0.1, 0.15) is 11.5 Å². The van der Waals surface area contributed by atoms with Gasteiger partial charge in [-0.3, -0.25) is 4.79 Å². The van der Waals surface area contributed by atoms with E-state index in [4.69, 9.17) is 16.3 Å². The number of carbonyl (C=O) groups excluding carboxylic acids is 1. The molecule has 3 aromatic carbocycles. The Morgan fingerprint density at radius 3 is 2.34 bits per heavy atom. The molecule has 0 fully saturated rings. The predicted molar refractivity (Wildman–Crippen MR) is 118 cm³/mol. The zero-order valence-electron chi connectivity index (χ0n) is 16.6. The van der Waals surface area contributed by atoms with Crippen LogP contribution in [0.25, 0.3) is 0 Å². The van der Waals surface area contributed by atoms with Gasteiger partial charge < -0.3 is 15.0 Å². The third-order valence-corrected chi connectivity index (χ3v) is 4.77. The number of hydrogen-bond donors (Lipinski definition) is 1. The fourth-order valence-electron chi connectivity index (χ4n) is 2.97. The van der Waals surface area contributed by atoms with E-state index in [-0.39, 0.29) is 11.9 Å². The molecule has 0 saturated carbocycles. The summed E-state index contributed by atoms with van der Waals surface area (Å²) in [5.74, 6) is 1.22. The highest BCUT2D eigenvalue weighted by Gasteiger charge is 2.17. The van der Waals surface area contributed by atoms with Crippen LogP contribution in [0.1, 0.15) is 28.4 Å². The first kappa shape index (κ1) is 20.9. The standard InChI is InChI=1S/C24H25ClN2O2/c1-27(2)16-15-23(18-11-13-20(25)14-12-18)26-24(28)19-7-6-10-22(17-19)29-21-8-4-3-5-9-21/h3-14,17,23H,15-16H2,1-2H3,(H,26,28). The molecule has 1 atom stereocenters. The van der Waals surface area contributed by atoms with Crippen molar-refractivity contribution in [3.05, 3.63) is 95.0 Å². The number of benzene rings is 3. The molecule has 0 heterocycles. The molecular formula is C24H25ClN2O2. The van der Waals surface area contributed by atoms with E-state index in [0.717, 1.165) is 24.3 Å². The van der Waals surface area contributed by atoms with Crippen molar-refractivity contribution in [1.29, 1.82) is 0 Å². The average Bonchev–Trinajstić information content (AvgIpc) is 2.72. The summed E-state index contributed by atoms with van der Waals surface area (Å²) < 4.78 is 5.85. The highest BCUT2D eigenvalue weighted by atomic mass is 35.5. The van der Waals surface area contributed by atoms with E-state index in [1.165, 1.54) is 0 Å². The van der Waals surface area contributed by atoms with Crippen molar-refractivity contribution in [2.45, 2.75) is 12.5 Å². The summed E-state index contributed by atoms with van der Waals surface area (Å²) in [5.41, 5.74) is 1.59. The van der Waals surface area contributed by atoms with Crippen molar-refractivity contribution in [3.63, 3.8) is 0 Å². The Morgan fingerprint density at radius 2 is 1.66 bits per heavy atom. The fourth-order valence-corrected chi connectivity index (χ4v) is 3.10. The first-order chi connectivity index (χ1) is 14.0. The molecule has 0 spiro atoms. The summed E-state index contributed by atoms with van der Waals surface area (Å²) in [4.78, 5) is 15.0. The molecule has 150 valence electrons. The Hall–Kier alpha value is -2.82. The van der Waals surface area contributed by atoms with Crippen LogP contribution in [-0.2, 0) is 0 Å². The quantitative estimate of drug-likeness (QED) is 0.530. The summed E-state index contributed by atoms with van der Waals surface area (Å²) in [6, 6.07) is 24.2. The lowest BCUT2D eigenvalue weighted by Crippen LogP contribution is -2.31. The van der Waals surface area contributed by atoms with E-state index in [0.29, 0.717) is 16.3 Å². The van der Waals surface area contributed by atoms with Gasteiger partial charge in [0.2, 0.25) is 0 Å². The number of rotatable bonds is 8. The second-order valence-corrected chi connectivity index (χ2v) is 7.55.